The Balaban J connectivity index is 1.58. The Morgan fingerprint density at radius 1 is 1.10 bits per heavy atom. The minimum atomic E-state index is 0.307. The molecule has 0 N–H and O–H groups in total. The van der Waals surface area contributed by atoms with Crippen molar-refractivity contribution in [1.82, 2.24) is 0 Å². The number of ketones is 1. The first-order valence-corrected chi connectivity index (χ1v) is 8.52. The van der Waals surface area contributed by atoms with E-state index in [9.17, 15) is 4.79 Å². The van der Waals surface area contributed by atoms with Crippen LogP contribution in [0.25, 0.3) is 0 Å². The van der Waals surface area contributed by atoms with Crippen LogP contribution in [0.2, 0.25) is 0 Å². The van der Waals surface area contributed by atoms with E-state index in [1.165, 1.54) is 46.4 Å². The molecule has 1 aliphatic carbocycles. The maximum absolute atomic E-state index is 12.2. The SMILES string of the molecule is Cc1ccccc1SCC(=O)Cc1ccc2c(c1)CCC2. The highest BCUT2D eigenvalue weighted by atomic mass is 32.2. The lowest BCUT2D eigenvalue weighted by Gasteiger charge is -2.06. The molecule has 0 saturated carbocycles. The first-order valence-electron chi connectivity index (χ1n) is 7.53. The fourth-order valence-corrected chi connectivity index (χ4v) is 3.78. The Morgan fingerprint density at radius 2 is 1.90 bits per heavy atom. The van der Waals surface area contributed by atoms with Gasteiger partial charge in [0.2, 0.25) is 0 Å². The first-order chi connectivity index (χ1) is 10.2. The summed E-state index contributed by atoms with van der Waals surface area (Å²) in [5.41, 5.74) is 5.34. The van der Waals surface area contributed by atoms with E-state index >= 15 is 0 Å². The molecular weight excluding hydrogens is 276 g/mol. The largest absolute Gasteiger partial charge is 0.298 e. The molecule has 3 rings (SSSR count). The minimum absolute atomic E-state index is 0.307. The van der Waals surface area contributed by atoms with E-state index in [1.807, 2.05) is 12.1 Å². The Kier molecular flexibility index (Phi) is 4.45. The van der Waals surface area contributed by atoms with Crippen LogP contribution in [0.5, 0.6) is 0 Å². The van der Waals surface area contributed by atoms with Gasteiger partial charge in [-0.3, -0.25) is 4.79 Å². The van der Waals surface area contributed by atoms with Crippen molar-refractivity contribution in [1.29, 1.82) is 0 Å². The molecule has 21 heavy (non-hydrogen) atoms. The molecule has 0 bridgehead atoms. The van der Waals surface area contributed by atoms with Gasteiger partial charge in [0.25, 0.3) is 0 Å². The van der Waals surface area contributed by atoms with Crippen LogP contribution in [-0.2, 0) is 24.1 Å². The maximum atomic E-state index is 12.2. The van der Waals surface area contributed by atoms with Gasteiger partial charge in [0.1, 0.15) is 5.78 Å². The van der Waals surface area contributed by atoms with E-state index in [0.29, 0.717) is 18.0 Å². The molecule has 0 spiro atoms. The van der Waals surface area contributed by atoms with Crippen LogP contribution in [0.15, 0.2) is 47.4 Å². The van der Waals surface area contributed by atoms with Gasteiger partial charge in [-0.15, -0.1) is 11.8 Å². The molecule has 0 unspecified atom stereocenters. The van der Waals surface area contributed by atoms with E-state index in [-0.39, 0.29) is 0 Å². The van der Waals surface area contributed by atoms with E-state index in [2.05, 4.69) is 37.3 Å². The van der Waals surface area contributed by atoms with Crippen LogP contribution in [0.1, 0.15) is 28.7 Å². The van der Waals surface area contributed by atoms with Crippen LogP contribution < -0.4 is 0 Å². The van der Waals surface area contributed by atoms with Crippen molar-refractivity contribution in [3.05, 3.63) is 64.7 Å². The summed E-state index contributed by atoms with van der Waals surface area (Å²) in [4.78, 5) is 13.4. The lowest BCUT2D eigenvalue weighted by atomic mass is 10.0. The van der Waals surface area contributed by atoms with Crippen LogP contribution >= 0.6 is 11.8 Å². The number of fused-ring (bicyclic) bond motifs is 1. The Hall–Kier alpha value is -1.54. The third-order valence-corrected chi connectivity index (χ3v) is 5.28. The summed E-state index contributed by atoms with van der Waals surface area (Å²) in [5, 5.41) is 0. The van der Waals surface area contributed by atoms with Crippen molar-refractivity contribution >= 4 is 17.5 Å². The molecular formula is C19H20OS. The van der Waals surface area contributed by atoms with Crippen LogP contribution in [0.4, 0.5) is 0 Å². The highest BCUT2D eigenvalue weighted by Crippen LogP contribution is 2.24. The number of carbonyl (C=O) groups excluding carboxylic acids is 1. The molecule has 0 amide bonds. The lowest BCUT2D eigenvalue weighted by molar-refractivity contribution is -0.116. The zero-order valence-corrected chi connectivity index (χ0v) is 13.2. The van der Waals surface area contributed by atoms with Gasteiger partial charge in [-0.05, 0) is 54.5 Å². The lowest BCUT2D eigenvalue weighted by Crippen LogP contribution is -2.06. The third kappa shape index (κ3) is 3.56. The van der Waals surface area contributed by atoms with Gasteiger partial charge >= 0.3 is 0 Å². The highest BCUT2D eigenvalue weighted by molar-refractivity contribution is 8.00. The second-order valence-corrected chi connectivity index (χ2v) is 6.74. The van der Waals surface area contributed by atoms with Gasteiger partial charge in [-0.25, -0.2) is 0 Å². The van der Waals surface area contributed by atoms with Gasteiger partial charge in [0.05, 0.1) is 5.75 Å². The molecule has 2 heteroatoms. The second kappa shape index (κ2) is 6.48. The van der Waals surface area contributed by atoms with Gasteiger partial charge < -0.3 is 0 Å². The Labute approximate surface area is 130 Å². The van der Waals surface area contributed by atoms with E-state index in [4.69, 9.17) is 0 Å². The van der Waals surface area contributed by atoms with Gasteiger partial charge in [-0.1, -0.05) is 36.4 Å². The van der Waals surface area contributed by atoms with Crippen LogP contribution in [-0.4, -0.2) is 11.5 Å². The van der Waals surface area contributed by atoms with Gasteiger partial charge in [0.15, 0.2) is 0 Å². The van der Waals surface area contributed by atoms with Crippen molar-refractivity contribution in [2.24, 2.45) is 0 Å². The topological polar surface area (TPSA) is 17.1 Å². The van der Waals surface area contributed by atoms with Gasteiger partial charge in [-0.2, -0.15) is 0 Å². The number of Topliss-reactive ketones (excluding diaryl/α,β-unsaturated/α-hetero) is 1. The van der Waals surface area contributed by atoms with Crippen molar-refractivity contribution in [2.45, 2.75) is 37.5 Å². The fraction of sp³-hybridized carbons (Fsp3) is 0.316. The van der Waals surface area contributed by atoms with Crippen LogP contribution in [0, 0.1) is 6.92 Å². The van der Waals surface area contributed by atoms with E-state index in [1.54, 1.807) is 11.8 Å². The molecule has 0 radical (unpaired) electrons. The minimum Gasteiger partial charge on any atom is -0.298 e. The fourth-order valence-electron chi connectivity index (χ4n) is 2.89. The zero-order chi connectivity index (χ0) is 14.7. The zero-order valence-electron chi connectivity index (χ0n) is 12.4. The number of hydrogen-bond donors (Lipinski definition) is 0. The summed E-state index contributed by atoms with van der Waals surface area (Å²) < 4.78 is 0. The highest BCUT2D eigenvalue weighted by Gasteiger charge is 2.12. The first kappa shape index (κ1) is 14.4. The Bertz CT molecular complexity index is 660. The normalized spacial score (nSPS) is 13.2. The van der Waals surface area contributed by atoms with E-state index < -0.39 is 0 Å². The molecule has 108 valence electrons. The maximum Gasteiger partial charge on any atom is 0.147 e. The number of aryl methyl sites for hydroxylation is 3. The second-order valence-electron chi connectivity index (χ2n) is 5.73. The number of carbonyl (C=O) groups is 1. The molecule has 0 fully saturated rings. The van der Waals surface area contributed by atoms with Crippen molar-refractivity contribution in [3.8, 4) is 0 Å². The predicted molar refractivity (Wildman–Crippen MR) is 89.1 cm³/mol. The van der Waals surface area contributed by atoms with Crippen molar-refractivity contribution in [3.63, 3.8) is 0 Å². The summed E-state index contributed by atoms with van der Waals surface area (Å²) in [7, 11) is 0. The third-order valence-electron chi connectivity index (χ3n) is 4.05. The number of rotatable bonds is 5. The molecule has 0 aromatic heterocycles. The summed E-state index contributed by atoms with van der Waals surface area (Å²) in [6.45, 7) is 2.09. The van der Waals surface area contributed by atoms with Crippen molar-refractivity contribution < 1.29 is 4.79 Å². The average Bonchev–Trinajstić information content (AvgIpc) is 2.94. The summed E-state index contributed by atoms with van der Waals surface area (Å²) in [5.74, 6) is 0.864. The Morgan fingerprint density at radius 3 is 2.76 bits per heavy atom. The standard InChI is InChI=1S/C19H20OS/c1-14-5-2-3-8-19(14)21-13-18(20)12-15-9-10-16-6-4-7-17(16)11-15/h2-3,5,8-11H,4,6-7,12-13H2,1H3. The molecule has 0 saturated heterocycles. The molecule has 1 aliphatic rings. The van der Waals surface area contributed by atoms with Crippen LogP contribution in [0.3, 0.4) is 0 Å². The molecule has 0 heterocycles. The molecule has 1 nitrogen and oxygen atoms in total. The quantitative estimate of drug-likeness (QED) is 0.761. The molecule has 0 atom stereocenters. The number of benzene rings is 2. The number of hydrogen-bond acceptors (Lipinski definition) is 2. The van der Waals surface area contributed by atoms with Crippen molar-refractivity contribution in [2.75, 3.05) is 5.75 Å². The predicted octanol–water partition coefficient (Wildman–Crippen LogP) is 4.39. The smallest absolute Gasteiger partial charge is 0.147 e. The molecule has 2 aromatic carbocycles. The monoisotopic (exact) mass is 296 g/mol. The summed E-state index contributed by atoms with van der Waals surface area (Å²) in [6, 6.07) is 14.8. The summed E-state index contributed by atoms with van der Waals surface area (Å²) >= 11 is 1.65. The van der Waals surface area contributed by atoms with Gasteiger partial charge in [0, 0.05) is 11.3 Å². The molecule has 2 aromatic rings. The van der Waals surface area contributed by atoms with E-state index in [0.717, 1.165) is 0 Å². The summed E-state index contributed by atoms with van der Waals surface area (Å²) in [6.07, 6.45) is 4.20. The average molecular weight is 296 g/mol. The molecule has 0 aliphatic heterocycles. The number of thioether (sulfide) groups is 1.